The van der Waals surface area contributed by atoms with Crippen LogP contribution in [0.2, 0.25) is 5.02 Å². The average Bonchev–Trinajstić information content (AvgIpc) is 2.46. The Kier molecular flexibility index (Phi) is 3.12. The highest BCUT2D eigenvalue weighted by atomic mass is 35.5. The molecule has 1 heterocycles. The van der Waals surface area contributed by atoms with Gasteiger partial charge in [0.2, 0.25) is 0 Å². The molecule has 3 nitrogen and oxygen atoms in total. The van der Waals surface area contributed by atoms with E-state index in [4.69, 9.17) is 11.6 Å². The second-order valence-corrected chi connectivity index (χ2v) is 4.81. The number of hydrogen-bond acceptors (Lipinski definition) is 2. The topological polar surface area (TPSA) is 50.2 Å². The predicted molar refractivity (Wildman–Crippen MR) is 79.1 cm³/mol. The van der Waals surface area contributed by atoms with Crippen LogP contribution in [0.15, 0.2) is 54.7 Å². The number of benzene rings is 2. The fourth-order valence-electron chi connectivity index (χ4n) is 2.25. The summed E-state index contributed by atoms with van der Waals surface area (Å²) in [5, 5.41) is 10.7. The molecule has 0 saturated heterocycles. The average molecular weight is 284 g/mol. The molecular formula is C16H10ClNO2. The fraction of sp³-hybridized carbons (Fsp3) is 0. The highest BCUT2D eigenvalue weighted by Crippen LogP contribution is 2.31. The van der Waals surface area contributed by atoms with Crippen molar-refractivity contribution in [1.82, 2.24) is 4.98 Å². The molecule has 0 fully saturated rings. The summed E-state index contributed by atoms with van der Waals surface area (Å²) in [5.74, 6) is -1.00. The summed E-state index contributed by atoms with van der Waals surface area (Å²) >= 11 is 5.89. The van der Waals surface area contributed by atoms with E-state index in [0.29, 0.717) is 10.6 Å². The van der Waals surface area contributed by atoms with Gasteiger partial charge in [-0.1, -0.05) is 41.9 Å². The van der Waals surface area contributed by atoms with Gasteiger partial charge < -0.3 is 5.11 Å². The zero-order valence-electron chi connectivity index (χ0n) is 10.4. The maximum Gasteiger partial charge on any atom is 0.336 e. The standard InChI is InChI=1S/C16H10ClNO2/c17-11-6-7-12(14(9-11)16(19)20)13-5-1-3-10-4-2-8-18-15(10)13/h1-9H,(H,19,20). The van der Waals surface area contributed by atoms with Crippen LogP contribution in [0.1, 0.15) is 10.4 Å². The van der Waals surface area contributed by atoms with Crippen molar-refractivity contribution in [2.75, 3.05) is 0 Å². The van der Waals surface area contributed by atoms with Crippen molar-refractivity contribution in [2.45, 2.75) is 0 Å². The number of carboxylic acid groups (broad SMARTS) is 1. The maximum absolute atomic E-state index is 11.4. The first-order valence-corrected chi connectivity index (χ1v) is 6.41. The van der Waals surface area contributed by atoms with Crippen molar-refractivity contribution in [3.8, 4) is 11.1 Å². The first-order valence-electron chi connectivity index (χ1n) is 6.04. The minimum atomic E-state index is -1.00. The highest BCUT2D eigenvalue weighted by Gasteiger charge is 2.14. The monoisotopic (exact) mass is 283 g/mol. The molecule has 2 aromatic carbocycles. The molecule has 0 aliphatic rings. The molecule has 0 unspecified atom stereocenters. The van der Waals surface area contributed by atoms with E-state index in [1.165, 1.54) is 6.07 Å². The molecule has 0 saturated carbocycles. The lowest BCUT2D eigenvalue weighted by atomic mass is 9.97. The summed E-state index contributed by atoms with van der Waals surface area (Å²) in [7, 11) is 0. The lowest BCUT2D eigenvalue weighted by molar-refractivity contribution is 0.0698. The molecule has 98 valence electrons. The molecule has 1 N–H and O–H groups in total. The lowest BCUT2D eigenvalue weighted by Gasteiger charge is -2.09. The molecule has 3 rings (SSSR count). The molecule has 0 spiro atoms. The van der Waals surface area contributed by atoms with Gasteiger partial charge in [0.1, 0.15) is 0 Å². The van der Waals surface area contributed by atoms with Gasteiger partial charge in [-0.25, -0.2) is 4.79 Å². The summed E-state index contributed by atoms with van der Waals surface area (Å²) in [6.07, 6.45) is 1.70. The third-order valence-electron chi connectivity index (χ3n) is 3.13. The normalized spacial score (nSPS) is 10.7. The van der Waals surface area contributed by atoms with Gasteiger partial charge >= 0.3 is 5.97 Å². The summed E-state index contributed by atoms with van der Waals surface area (Å²) < 4.78 is 0. The molecular weight excluding hydrogens is 274 g/mol. The van der Waals surface area contributed by atoms with E-state index < -0.39 is 5.97 Å². The van der Waals surface area contributed by atoms with Crippen LogP contribution in [0.3, 0.4) is 0 Å². The number of halogens is 1. The first kappa shape index (κ1) is 12.6. The van der Waals surface area contributed by atoms with E-state index >= 15 is 0 Å². The molecule has 1 aromatic heterocycles. The minimum Gasteiger partial charge on any atom is -0.478 e. The van der Waals surface area contributed by atoms with Crippen LogP contribution >= 0.6 is 11.6 Å². The summed E-state index contributed by atoms with van der Waals surface area (Å²) in [6.45, 7) is 0. The SMILES string of the molecule is O=C(O)c1cc(Cl)ccc1-c1cccc2cccnc12. The Morgan fingerprint density at radius 1 is 1.05 bits per heavy atom. The molecule has 0 aliphatic carbocycles. The van der Waals surface area contributed by atoms with E-state index in [1.807, 2.05) is 30.3 Å². The van der Waals surface area contributed by atoms with Crippen LogP contribution < -0.4 is 0 Å². The van der Waals surface area contributed by atoms with Gasteiger partial charge in [-0.3, -0.25) is 4.98 Å². The Hall–Kier alpha value is -2.39. The second kappa shape index (κ2) is 4.94. The number of carboxylic acids is 1. The van der Waals surface area contributed by atoms with Crippen molar-refractivity contribution < 1.29 is 9.90 Å². The van der Waals surface area contributed by atoms with Crippen LogP contribution in [0.5, 0.6) is 0 Å². The number of nitrogens with zero attached hydrogens (tertiary/aromatic N) is 1. The number of para-hydroxylation sites is 1. The third kappa shape index (κ3) is 2.12. The molecule has 0 radical (unpaired) electrons. The van der Waals surface area contributed by atoms with Gasteiger partial charge in [-0.05, 0) is 23.8 Å². The van der Waals surface area contributed by atoms with Crippen molar-refractivity contribution in [1.29, 1.82) is 0 Å². The lowest BCUT2D eigenvalue weighted by Crippen LogP contribution is -2.00. The first-order chi connectivity index (χ1) is 9.66. The van der Waals surface area contributed by atoms with Gasteiger partial charge in [0, 0.05) is 22.2 Å². The summed E-state index contributed by atoms with van der Waals surface area (Å²) in [5.41, 5.74) is 2.36. The Balaban J connectivity index is 2.34. The van der Waals surface area contributed by atoms with Gasteiger partial charge in [0.05, 0.1) is 11.1 Å². The zero-order chi connectivity index (χ0) is 14.1. The van der Waals surface area contributed by atoms with Gasteiger partial charge in [-0.15, -0.1) is 0 Å². The number of aromatic carboxylic acids is 1. The van der Waals surface area contributed by atoms with Crippen LogP contribution in [-0.4, -0.2) is 16.1 Å². The predicted octanol–water partition coefficient (Wildman–Crippen LogP) is 4.25. The van der Waals surface area contributed by atoms with E-state index in [-0.39, 0.29) is 5.56 Å². The largest absolute Gasteiger partial charge is 0.478 e. The number of hydrogen-bond donors (Lipinski definition) is 1. The number of aromatic nitrogens is 1. The Morgan fingerprint density at radius 2 is 1.85 bits per heavy atom. The van der Waals surface area contributed by atoms with Crippen LogP contribution in [0.4, 0.5) is 0 Å². The molecule has 0 amide bonds. The molecule has 0 aliphatic heterocycles. The molecule has 0 bridgehead atoms. The maximum atomic E-state index is 11.4. The van der Waals surface area contributed by atoms with Crippen molar-refractivity contribution in [3.63, 3.8) is 0 Å². The van der Waals surface area contributed by atoms with E-state index in [9.17, 15) is 9.90 Å². The van der Waals surface area contributed by atoms with Crippen LogP contribution in [0, 0.1) is 0 Å². The third-order valence-corrected chi connectivity index (χ3v) is 3.37. The Morgan fingerprint density at radius 3 is 2.65 bits per heavy atom. The van der Waals surface area contributed by atoms with Crippen molar-refractivity contribution in [3.05, 3.63) is 65.3 Å². The van der Waals surface area contributed by atoms with E-state index in [1.54, 1.807) is 18.3 Å². The summed E-state index contributed by atoms with van der Waals surface area (Å²) in [6, 6.07) is 14.4. The van der Waals surface area contributed by atoms with Crippen molar-refractivity contribution in [2.24, 2.45) is 0 Å². The summed E-state index contributed by atoms with van der Waals surface area (Å²) in [4.78, 5) is 15.8. The molecule has 3 aromatic rings. The number of rotatable bonds is 2. The minimum absolute atomic E-state index is 0.177. The molecule has 0 atom stereocenters. The van der Waals surface area contributed by atoms with Crippen LogP contribution in [0.25, 0.3) is 22.0 Å². The number of carbonyl (C=O) groups is 1. The van der Waals surface area contributed by atoms with Crippen molar-refractivity contribution >= 4 is 28.5 Å². The van der Waals surface area contributed by atoms with E-state index in [2.05, 4.69) is 4.98 Å². The molecule has 4 heteroatoms. The number of fused-ring (bicyclic) bond motifs is 1. The van der Waals surface area contributed by atoms with Gasteiger partial charge in [0.25, 0.3) is 0 Å². The quantitative estimate of drug-likeness (QED) is 0.765. The molecule has 20 heavy (non-hydrogen) atoms. The fourth-order valence-corrected chi connectivity index (χ4v) is 2.42. The Labute approximate surface area is 120 Å². The number of pyridine rings is 1. The van der Waals surface area contributed by atoms with E-state index in [0.717, 1.165) is 16.5 Å². The highest BCUT2D eigenvalue weighted by molar-refractivity contribution is 6.31. The Bertz CT molecular complexity index is 809. The second-order valence-electron chi connectivity index (χ2n) is 4.38. The van der Waals surface area contributed by atoms with Crippen LogP contribution in [-0.2, 0) is 0 Å². The van der Waals surface area contributed by atoms with Gasteiger partial charge in [-0.2, -0.15) is 0 Å². The smallest absolute Gasteiger partial charge is 0.336 e. The van der Waals surface area contributed by atoms with Gasteiger partial charge in [0.15, 0.2) is 0 Å². The zero-order valence-corrected chi connectivity index (χ0v) is 11.1.